The molecule has 1 aromatic rings. The number of aliphatic hydroxyl groups excluding tert-OH is 1. The number of benzene rings is 1. The van der Waals surface area contributed by atoms with Gasteiger partial charge < -0.3 is 15.2 Å². The van der Waals surface area contributed by atoms with E-state index in [0.29, 0.717) is 5.92 Å². The van der Waals surface area contributed by atoms with E-state index in [9.17, 15) is 9.90 Å². The second-order valence-electron chi connectivity index (χ2n) is 5.16. The van der Waals surface area contributed by atoms with Gasteiger partial charge in [-0.25, -0.2) is 0 Å². The molecule has 0 radical (unpaired) electrons. The Morgan fingerprint density at radius 3 is 2.95 bits per heavy atom. The minimum atomic E-state index is -0.635. The topological polar surface area (TPSA) is 58.6 Å². The van der Waals surface area contributed by atoms with Gasteiger partial charge in [0.2, 0.25) is 5.91 Å². The predicted octanol–water partition coefficient (Wildman–Crippen LogP) is 1.22. The molecule has 1 aliphatic rings. The third-order valence-electron chi connectivity index (χ3n) is 3.59. The lowest BCUT2D eigenvalue weighted by atomic mass is 10.0. The lowest BCUT2D eigenvalue weighted by Crippen LogP contribution is -2.35. The number of methoxy groups -OCH3 is 1. The molecule has 0 spiro atoms. The molecule has 0 heterocycles. The molecule has 2 N–H and O–H groups in total. The summed E-state index contributed by atoms with van der Waals surface area (Å²) < 4.78 is 4.82. The standard InChI is InChI=1S/C15H21NO3/c1-10-5-3-4-6-12(10)13-7-14(13)15(18)16-8-11(17)9-19-2/h3-6,11,13-14,17H,7-9H2,1-2H3,(H,16,18). The molecular formula is C15H21NO3. The Hall–Kier alpha value is -1.39. The smallest absolute Gasteiger partial charge is 0.223 e. The van der Waals surface area contributed by atoms with E-state index in [-0.39, 0.29) is 25.0 Å². The lowest BCUT2D eigenvalue weighted by Gasteiger charge is -2.11. The van der Waals surface area contributed by atoms with E-state index in [2.05, 4.69) is 24.4 Å². The van der Waals surface area contributed by atoms with Crippen molar-refractivity contribution in [3.8, 4) is 0 Å². The molecule has 1 aliphatic carbocycles. The van der Waals surface area contributed by atoms with Crippen LogP contribution in [0.15, 0.2) is 24.3 Å². The summed E-state index contributed by atoms with van der Waals surface area (Å²) in [5, 5.41) is 12.3. The Labute approximate surface area is 113 Å². The molecule has 2 rings (SSSR count). The number of carbonyl (C=O) groups is 1. The summed E-state index contributed by atoms with van der Waals surface area (Å²) in [7, 11) is 1.53. The predicted molar refractivity (Wildman–Crippen MR) is 72.9 cm³/mol. The van der Waals surface area contributed by atoms with Gasteiger partial charge in [-0.05, 0) is 30.4 Å². The number of rotatable bonds is 6. The van der Waals surface area contributed by atoms with Crippen LogP contribution >= 0.6 is 0 Å². The maximum Gasteiger partial charge on any atom is 0.223 e. The van der Waals surface area contributed by atoms with Crippen molar-refractivity contribution < 1.29 is 14.6 Å². The normalized spacial score (nSPS) is 22.9. The van der Waals surface area contributed by atoms with E-state index in [1.165, 1.54) is 18.2 Å². The van der Waals surface area contributed by atoms with E-state index < -0.39 is 6.10 Å². The molecule has 0 aromatic heterocycles. The van der Waals surface area contributed by atoms with Gasteiger partial charge in [-0.1, -0.05) is 24.3 Å². The van der Waals surface area contributed by atoms with Crippen LogP contribution in [-0.4, -0.2) is 37.4 Å². The number of carbonyl (C=O) groups excluding carboxylic acids is 1. The van der Waals surface area contributed by atoms with Crippen LogP contribution in [0, 0.1) is 12.8 Å². The molecule has 0 saturated heterocycles. The molecule has 4 nitrogen and oxygen atoms in total. The third-order valence-corrected chi connectivity index (χ3v) is 3.59. The molecule has 19 heavy (non-hydrogen) atoms. The molecule has 1 aromatic carbocycles. The first-order chi connectivity index (χ1) is 9.13. The van der Waals surface area contributed by atoms with Crippen molar-refractivity contribution in [3.05, 3.63) is 35.4 Å². The van der Waals surface area contributed by atoms with Crippen LogP contribution in [0.25, 0.3) is 0 Å². The average Bonchev–Trinajstić information content (AvgIpc) is 3.17. The maximum absolute atomic E-state index is 11.9. The lowest BCUT2D eigenvalue weighted by molar-refractivity contribution is -0.123. The van der Waals surface area contributed by atoms with Crippen LogP contribution in [-0.2, 0) is 9.53 Å². The van der Waals surface area contributed by atoms with Gasteiger partial charge >= 0.3 is 0 Å². The molecule has 0 bridgehead atoms. The van der Waals surface area contributed by atoms with Gasteiger partial charge in [0.1, 0.15) is 0 Å². The van der Waals surface area contributed by atoms with Gasteiger partial charge in [-0.3, -0.25) is 4.79 Å². The zero-order valence-electron chi connectivity index (χ0n) is 11.4. The van der Waals surface area contributed by atoms with Crippen molar-refractivity contribution in [1.82, 2.24) is 5.32 Å². The molecule has 1 amide bonds. The van der Waals surface area contributed by atoms with E-state index in [4.69, 9.17) is 4.74 Å². The fraction of sp³-hybridized carbons (Fsp3) is 0.533. The first-order valence-electron chi connectivity index (χ1n) is 6.63. The highest BCUT2D eigenvalue weighted by Crippen LogP contribution is 2.48. The number of ether oxygens (including phenoxy) is 1. The zero-order chi connectivity index (χ0) is 13.8. The number of hydrogen-bond acceptors (Lipinski definition) is 3. The molecule has 1 saturated carbocycles. The Morgan fingerprint density at radius 2 is 2.26 bits per heavy atom. The number of aryl methyl sites for hydroxylation is 1. The number of hydrogen-bond donors (Lipinski definition) is 2. The largest absolute Gasteiger partial charge is 0.389 e. The van der Waals surface area contributed by atoms with E-state index in [0.717, 1.165) is 6.42 Å². The highest BCUT2D eigenvalue weighted by Gasteiger charge is 2.44. The molecular weight excluding hydrogens is 242 g/mol. The summed E-state index contributed by atoms with van der Waals surface area (Å²) in [6.45, 7) is 2.57. The van der Waals surface area contributed by atoms with Crippen molar-refractivity contribution in [2.24, 2.45) is 5.92 Å². The number of aliphatic hydroxyl groups is 1. The van der Waals surface area contributed by atoms with E-state index in [1.807, 2.05) is 12.1 Å². The van der Waals surface area contributed by atoms with Crippen molar-refractivity contribution >= 4 is 5.91 Å². The molecule has 3 unspecified atom stereocenters. The first-order valence-corrected chi connectivity index (χ1v) is 6.63. The van der Waals surface area contributed by atoms with Gasteiger partial charge in [0.25, 0.3) is 0 Å². The average molecular weight is 263 g/mol. The van der Waals surface area contributed by atoms with Crippen LogP contribution in [0.4, 0.5) is 0 Å². The summed E-state index contributed by atoms with van der Waals surface area (Å²) in [4.78, 5) is 11.9. The Kier molecular flexibility index (Phi) is 4.56. The summed E-state index contributed by atoms with van der Waals surface area (Å²) in [6.07, 6.45) is 0.265. The van der Waals surface area contributed by atoms with Crippen molar-refractivity contribution in [1.29, 1.82) is 0 Å². The SMILES string of the molecule is COCC(O)CNC(=O)C1CC1c1ccccc1C. The Balaban J connectivity index is 1.82. The van der Waals surface area contributed by atoms with Gasteiger partial charge in [-0.15, -0.1) is 0 Å². The quantitative estimate of drug-likeness (QED) is 0.811. The summed E-state index contributed by atoms with van der Waals surface area (Å²) >= 11 is 0. The summed E-state index contributed by atoms with van der Waals surface area (Å²) in [5.74, 6) is 0.417. The van der Waals surface area contributed by atoms with Crippen LogP contribution in [0.5, 0.6) is 0 Å². The second-order valence-corrected chi connectivity index (χ2v) is 5.16. The van der Waals surface area contributed by atoms with E-state index in [1.54, 1.807) is 0 Å². The third kappa shape index (κ3) is 3.55. The van der Waals surface area contributed by atoms with Crippen LogP contribution < -0.4 is 5.32 Å². The van der Waals surface area contributed by atoms with E-state index >= 15 is 0 Å². The molecule has 4 heteroatoms. The number of nitrogens with one attached hydrogen (secondary N) is 1. The maximum atomic E-state index is 11.9. The highest BCUT2D eigenvalue weighted by atomic mass is 16.5. The molecule has 3 atom stereocenters. The second kappa shape index (κ2) is 6.17. The minimum absolute atomic E-state index is 0.0309. The van der Waals surface area contributed by atoms with Gasteiger partial charge in [0.15, 0.2) is 0 Å². The van der Waals surface area contributed by atoms with Crippen molar-refractivity contribution in [3.63, 3.8) is 0 Å². The first kappa shape index (κ1) is 14.0. The fourth-order valence-electron chi connectivity index (χ4n) is 2.43. The fourth-order valence-corrected chi connectivity index (χ4v) is 2.43. The van der Waals surface area contributed by atoms with Gasteiger partial charge in [0, 0.05) is 19.6 Å². The summed E-state index contributed by atoms with van der Waals surface area (Å²) in [6, 6.07) is 8.19. The van der Waals surface area contributed by atoms with Crippen LogP contribution in [0.1, 0.15) is 23.5 Å². The van der Waals surface area contributed by atoms with Crippen molar-refractivity contribution in [2.45, 2.75) is 25.4 Å². The monoisotopic (exact) mass is 263 g/mol. The number of amides is 1. The zero-order valence-corrected chi connectivity index (χ0v) is 11.4. The molecule has 0 aliphatic heterocycles. The Bertz CT molecular complexity index is 447. The Morgan fingerprint density at radius 1 is 1.53 bits per heavy atom. The van der Waals surface area contributed by atoms with Crippen LogP contribution in [0.3, 0.4) is 0 Å². The van der Waals surface area contributed by atoms with Gasteiger partial charge in [-0.2, -0.15) is 0 Å². The molecule has 1 fully saturated rings. The van der Waals surface area contributed by atoms with Crippen LogP contribution in [0.2, 0.25) is 0 Å². The minimum Gasteiger partial charge on any atom is -0.389 e. The molecule has 104 valence electrons. The van der Waals surface area contributed by atoms with Crippen molar-refractivity contribution in [2.75, 3.05) is 20.3 Å². The van der Waals surface area contributed by atoms with Gasteiger partial charge in [0.05, 0.1) is 12.7 Å². The highest BCUT2D eigenvalue weighted by molar-refractivity contribution is 5.83. The summed E-state index contributed by atoms with van der Waals surface area (Å²) in [5.41, 5.74) is 2.50.